The number of hydrogen-bond acceptors (Lipinski definition) is 4. The van der Waals surface area contributed by atoms with E-state index in [9.17, 15) is 14.9 Å². The molecular weight excluding hydrogens is 435 g/mol. The van der Waals surface area contributed by atoms with Crippen molar-refractivity contribution in [1.29, 1.82) is 5.26 Å². The van der Waals surface area contributed by atoms with Gasteiger partial charge < -0.3 is 15.2 Å². The maximum absolute atomic E-state index is 12.2. The first-order chi connectivity index (χ1) is 12.0. The van der Waals surface area contributed by atoms with E-state index in [-0.39, 0.29) is 5.57 Å². The van der Waals surface area contributed by atoms with E-state index in [1.165, 1.54) is 6.08 Å². The number of nitrogens with one attached hydrogen (secondary N) is 1. The minimum absolute atomic E-state index is 0.0748. The van der Waals surface area contributed by atoms with Crippen molar-refractivity contribution < 1.29 is 19.4 Å². The van der Waals surface area contributed by atoms with E-state index in [0.29, 0.717) is 17.0 Å². The lowest BCUT2D eigenvalue weighted by atomic mass is 10.1. The lowest BCUT2D eigenvalue weighted by Crippen LogP contribution is -2.13. The van der Waals surface area contributed by atoms with E-state index in [4.69, 9.17) is 9.84 Å². The van der Waals surface area contributed by atoms with Gasteiger partial charge in [-0.05, 0) is 64.6 Å². The van der Waals surface area contributed by atoms with Crippen LogP contribution >= 0.6 is 22.6 Å². The van der Waals surface area contributed by atoms with Crippen LogP contribution in [0.5, 0.6) is 5.75 Å². The first kappa shape index (κ1) is 18.5. The highest BCUT2D eigenvalue weighted by molar-refractivity contribution is 14.1. The fourth-order valence-corrected chi connectivity index (χ4v) is 2.46. The van der Waals surface area contributed by atoms with Gasteiger partial charge in [0.1, 0.15) is 17.4 Å². The van der Waals surface area contributed by atoms with Gasteiger partial charge in [-0.15, -0.1) is 0 Å². The number of hydrogen-bond donors (Lipinski definition) is 2. The van der Waals surface area contributed by atoms with Gasteiger partial charge in [-0.2, -0.15) is 5.26 Å². The van der Waals surface area contributed by atoms with E-state index in [2.05, 4.69) is 27.9 Å². The third-order valence-corrected chi connectivity index (χ3v) is 3.65. The predicted molar refractivity (Wildman–Crippen MR) is 101 cm³/mol. The molecule has 0 aromatic heterocycles. The number of carbonyl (C=O) groups is 2. The molecule has 0 aliphatic carbocycles. The number of ether oxygens (including phenoxy) is 1. The summed E-state index contributed by atoms with van der Waals surface area (Å²) in [5.74, 6) is -1.27. The van der Waals surface area contributed by atoms with Gasteiger partial charge in [0.15, 0.2) is 6.61 Å². The molecule has 0 saturated carbocycles. The van der Waals surface area contributed by atoms with Crippen LogP contribution in [0.1, 0.15) is 5.56 Å². The molecule has 0 atom stereocenters. The van der Waals surface area contributed by atoms with Gasteiger partial charge in [0, 0.05) is 9.26 Å². The number of aliphatic carboxylic acids is 1. The molecule has 6 nitrogen and oxygen atoms in total. The van der Waals surface area contributed by atoms with Gasteiger partial charge >= 0.3 is 5.97 Å². The van der Waals surface area contributed by atoms with Crippen LogP contribution in [0.3, 0.4) is 0 Å². The Morgan fingerprint density at radius 2 is 2.00 bits per heavy atom. The quantitative estimate of drug-likeness (QED) is 0.402. The number of carbonyl (C=O) groups excluding carboxylic acids is 1. The van der Waals surface area contributed by atoms with Gasteiger partial charge in [0.25, 0.3) is 5.91 Å². The molecule has 0 spiro atoms. The van der Waals surface area contributed by atoms with E-state index in [1.54, 1.807) is 42.5 Å². The Bertz CT molecular complexity index is 871. The van der Waals surface area contributed by atoms with Gasteiger partial charge in [0.2, 0.25) is 0 Å². The first-order valence-corrected chi connectivity index (χ1v) is 8.19. The molecule has 0 bridgehead atoms. The molecule has 0 radical (unpaired) electrons. The zero-order valence-corrected chi connectivity index (χ0v) is 15.1. The largest absolute Gasteiger partial charge is 0.482 e. The molecule has 2 N–H and O–H groups in total. The summed E-state index contributed by atoms with van der Waals surface area (Å²) in [4.78, 5) is 22.8. The minimum Gasteiger partial charge on any atom is -0.482 e. The number of rotatable bonds is 6. The molecule has 0 unspecified atom stereocenters. The van der Waals surface area contributed by atoms with Crippen LogP contribution in [0, 0.1) is 14.9 Å². The monoisotopic (exact) mass is 448 g/mol. The summed E-state index contributed by atoms with van der Waals surface area (Å²) in [5.41, 5.74) is 1.07. The number of amides is 1. The SMILES string of the molecule is N#C/C(=C\c1cccc(OCC(=O)O)c1)C(=O)Nc1cccc(I)c1. The molecule has 25 heavy (non-hydrogen) atoms. The average Bonchev–Trinajstić information content (AvgIpc) is 2.58. The Morgan fingerprint density at radius 3 is 2.68 bits per heavy atom. The number of anilines is 1. The maximum Gasteiger partial charge on any atom is 0.341 e. The van der Waals surface area contributed by atoms with E-state index >= 15 is 0 Å². The first-order valence-electron chi connectivity index (χ1n) is 7.11. The summed E-state index contributed by atoms with van der Waals surface area (Å²) in [6, 6.07) is 15.6. The van der Waals surface area contributed by atoms with Crippen molar-refractivity contribution in [1.82, 2.24) is 0 Å². The fraction of sp³-hybridized carbons (Fsp3) is 0.0556. The van der Waals surface area contributed by atoms with Crippen molar-refractivity contribution in [3.8, 4) is 11.8 Å². The number of carboxylic acids is 1. The smallest absolute Gasteiger partial charge is 0.341 e. The number of nitrogens with zero attached hydrogens (tertiary/aromatic N) is 1. The zero-order valence-electron chi connectivity index (χ0n) is 12.9. The average molecular weight is 448 g/mol. The molecule has 2 aromatic carbocycles. The molecule has 0 aliphatic rings. The van der Waals surface area contributed by atoms with Crippen LogP contribution in [0.25, 0.3) is 6.08 Å². The van der Waals surface area contributed by atoms with Crippen LogP contribution in [0.4, 0.5) is 5.69 Å². The van der Waals surface area contributed by atoms with Crippen molar-refractivity contribution in [2.75, 3.05) is 11.9 Å². The normalized spacial score (nSPS) is 10.6. The highest BCUT2D eigenvalue weighted by Gasteiger charge is 2.10. The molecule has 2 aromatic rings. The summed E-state index contributed by atoms with van der Waals surface area (Å²) >= 11 is 2.13. The van der Waals surface area contributed by atoms with Crippen LogP contribution in [-0.4, -0.2) is 23.6 Å². The third kappa shape index (κ3) is 5.93. The molecule has 1 amide bonds. The van der Waals surface area contributed by atoms with E-state index in [0.717, 1.165) is 3.57 Å². The van der Waals surface area contributed by atoms with Crippen LogP contribution < -0.4 is 10.1 Å². The maximum atomic E-state index is 12.2. The molecule has 0 saturated heterocycles. The van der Waals surface area contributed by atoms with Crippen LogP contribution in [0.15, 0.2) is 54.1 Å². The van der Waals surface area contributed by atoms with Crippen molar-refractivity contribution in [3.05, 3.63) is 63.2 Å². The summed E-state index contributed by atoms with van der Waals surface area (Å²) in [6.07, 6.45) is 1.41. The lowest BCUT2D eigenvalue weighted by molar-refractivity contribution is -0.139. The minimum atomic E-state index is -1.09. The predicted octanol–water partition coefficient (Wildman–Crippen LogP) is 3.30. The van der Waals surface area contributed by atoms with Crippen molar-refractivity contribution >= 4 is 46.2 Å². The standard InChI is InChI=1S/C18H13IN2O4/c19-14-4-2-5-15(9-14)21-18(24)13(10-20)7-12-3-1-6-16(8-12)25-11-17(22)23/h1-9H,11H2,(H,21,24)(H,22,23)/b13-7+. The van der Waals surface area contributed by atoms with Crippen molar-refractivity contribution in [2.45, 2.75) is 0 Å². The van der Waals surface area contributed by atoms with Crippen LogP contribution in [-0.2, 0) is 9.59 Å². The number of benzene rings is 2. The molecular formula is C18H13IN2O4. The van der Waals surface area contributed by atoms with Crippen LogP contribution in [0.2, 0.25) is 0 Å². The summed E-state index contributed by atoms with van der Waals surface area (Å²) in [5, 5.41) is 20.5. The molecule has 0 fully saturated rings. The van der Waals surface area contributed by atoms with Crippen molar-refractivity contribution in [3.63, 3.8) is 0 Å². The Balaban J connectivity index is 2.16. The number of nitriles is 1. The third-order valence-electron chi connectivity index (χ3n) is 2.98. The second-order valence-corrected chi connectivity index (χ2v) is 6.13. The van der Waals surface area contributed by atoms with Crippen molar-refractivity contribution in [2.24, 2.45) is 0 Å². The highest BCUT2D eigenvalue weighted by atomic mass is 127. The zero-order chi connectivity index (χ0) is 18.2. The molecule has 0 aliphatic heterocycles. The Kier molecular flexibility index (Phi) is 6.54. The van der Waals surface area contributed by atoms with Gasteiger partial charge in [-0.3, -0.25) is 4.79 Å². The Labute approximate surface area is 157 Å². The summed E-state index contributed by atoms with van der Waals surface area (Å²) in [7, 11) is 0. The topological polar surface area (TPSA) is 99.4 Å². The van der Waals surface area contributed by atoms with E-state index in [1.807, 2.05) is 12.1 Å². The Hall–Kier alpha value is -2.86. The summed E-state index contributed by atoms with van der Waals surface area (Å²) < 4.78 is 6.04. The molecule has 7 heteroatoms. The van der Waals surface area contributed by atoms with Gasteiger partial charge in [0.05, 0.1) is 0 Å². The second kappa shape index (κ2) is 8.84. The molecule has 0 heterocycles. The van der Waals surface area contributed by atoms with Gasteiger partial charge in [-0.1, -0.05) is 18.2 Å². The number of halogens is 1. The second-order valence-electron chi connectivity index (χ2n) is 4.89. The van der Waals surface area contributed by atoms with Gasteiger partial charge in [-0.25, -0.2) is 4.79 Å². The number of carboxylic acid groups (broad SMARTS) is 1. The Morgan fingerprint density at radius 1 is 1.24 bits per heavy atom. The lowest BCUT2D eigenvalue weighted by Gasteiger charge is -2.06. The fourth-order valence-electron chi connectivity index (χ4n) is 1.92. The summed E-state index contributed by atoms with van der Waals surface area (Å²) in [6.45, 7) is -0.467. The highest BCUT2D eigenvalue weighted by Crippen LogP contribution is 2.17. The molecule has 2 rings (SSSR count). The van der Waals surface area contributed by atoms with E-state index < -0.39 is 18.5 Å². The molecule has 126 valence electrons.